The number of aliphatic imine (C=N–C) groups is 1. The van der Waals surface area contributed by atoms with Gasteiger partial charge < -0.3 is 15.4 Å². The molecule has 2 N–H and O–H groups in total. The van der Waals surface area contributed by atoms with Crippen molar-refractivity contribution in [2.75, 3.05) is 26.7 Å². The summed E-state index contributed by atoms with van der Waals surface area (Å²) in [6.07, 6.45) is 5.89. The summed E-state index contributed by atoms with van der Waals surface area (Å²) in [5.41, 5.74) is 3.46. The van der Waals surface area contributed by atoms with Crippen molar-refractivity contribution in [1.29, 1.82) is 0 Å². The van der Waals surface area contributed by atoms with Crippen LogP contribution in [0.15, 0.2) is 78.0 Å². The maximum absolute atomic E-state index is 5.91. The van der Waals surface area contributed by atoms with Gasteiger partial charge in [0.05, 0.1) is 18.0 Å². The summed E-state index contributed by atoms with van der Waals surface area (Å²) in [6.45, 7) is 4.40. The highest BCUT2D eigenvalue weighted by atomic mass is 16.5. The molecule has 6 heteroatoms. The van der Waals surface area contributed by atoms with Crippen LogP contribution in [-0.2, 0) is 11.2 Å². The van der Waals surface area contributed by atoms with Crippen molar-refractivity contribution >= 4 is 5.96 Å². The first-order valence-corrected chi connectivity index (χ1v) is 10.5. The Kier molecular flexibility index (Phi) is 8.47. The van der Waals surface area contributed by atoms with Crippen molar-refractivity contribution in [1.82, 2.24) is 20.4 Å². The van der Waals surface area contributed by atoms with Crippen LogP contribution in [0.25, 0.3) is 5.69 Å². The number of ether oxygens (including phenoxy) is 1. The van der Waals surface area contributed by atoms with E-state index < -0.39 is 0 Å². The molecule has 158 valence electrons. The fourth-order valence-corrected chi connectivity index (χ4v) is 3.12. The monoisotopic (exact) mass is 405 g/mol. The van der Waals surface area contributed by atoms with Crippen molar-refractivity contribution in [2.24, 2.45) is 4.99 Å². The smallest absolute Gasteiger partial charge is 0.190 e. The molecule has 0 aliphatic rings. The summed E-state index contributed by atoms with van der Waals surface area (Å²) in [4.78, 5) is 4.29. The van der Waals surface area contributed by atoms with E-state index in [2.05, 4.69) is 46.0 Å². The Balaban J connectivity index is 1.31. The van der Waals surface area contributed by atoms with E-state index in [1.165, 1.54) is 11.1 Å². The number of benzene rings is 2. The van der Waals surface area contributed by atoms with Gasteiger partial charge in [-0.05, 0) is 43.0 Å². The number of nitrogens with one attached hydrogen (secondary N) is 2. The van der Waals surface area contributed by atoms with Crippen LogP contribution in [0.5, 0.6) is 0 Å². The lowest BCUT2D eigenvalue weighted by Gasteiger charge is -2.14. The summed E-state index contributed by atoms with van der Waals surface area (Å²) >= 11 is 0. The molecule has 1 heterocycles. The van der Waals surface area contributed by atoms with Crippen LogP contribution in [0.3, 0.4) is 0 Å². The van der Waals surface area contributed by atoms with E-state index in [-0.39, 0.29) is 6.10 Å². The molecule has 1 atom stereocenters. The molecule has 0 aliphatic carbocycles. The zero-order valence-corrected chi connectivity index (χ0v) is 17.8. The summed E-state index contributed by atoms with van der Waals surface area (Å²) in [5.74, 6) is 0.807. The van der Waals surface area contributed by atoms with Gasteiger partial charge >= 0.3 is 0 Å². The highest BCUT2D eigenvalue weighted by Crippen LogP contribution is 2.15. The summed E-state index contributed by atoms with van der Waals surface area (Å²) < 4.78 is 7.81. The Labute approximate surface area is 179 Å². The van der Waals surface area contributed by atoms with Gasteiger partial charge in [-0.2, -0.15) is 5.10 Å². The van der Waals surface area contributed by atoms with Gasteiger partial charge in [0.15, 0.2) is 5.96 Å². The second kappa shape index (κ2) is 11.8. The third-order valence-corrected chi connectivity index (χ3v) is 4.84. The van der Waals surface area contributed by atoms with Crippen LogP contribution in [0.1, 0.15) is 30.6 Å². The summed E-state index contributed by atoms with van der Waals surface area (Å²) in [5, 5.41) is 11.1. The third-order valence-electron chi connectivity index (χ3n) is 4.84. The van der Waals surface area contributed by atoms with E-state index >= 15 is 0 Å². The van der Waals surface area contributed by atoms with Gasteiger partial charge in [-0.25, -0.2) is 4.68 Å². The second-order valence-electron chi connectivity index (χ2n) is 7.08. The van der Waals surface area contributed by atoms with Crippen LogP contribution in [0.2, 0.25) is 0 Å². The van der Waals surface area contributed by atoms with Gasteiger partial charge in [0.1, 0.15) is 0 Å². The molecule has 0 saturated carbocycles. The number of hydrogen-bond acceptors (Lipinski definition) is 3. The van der Waals surface area contributed by atoms with Crippen molar-refractivity contribution in [2.45, 2.75) is 25.9 Å². The molecule has 0 fully saturated rings. The quantitative estimate of drug-likeness (QED) is 0.306. The van der Waals surface area contributed by atoms with Crippen molar-refractivity contribution in [3.63, 3.8) is 0 Å². The maximum Gasteiger partial charge on any atom is 0.190 e. The van der Waals surface area contributed by atoms with E-state index in [0.29, 0.717) is 6.61 Å². The fourth-order valence-electron chi connectivity index (χ4n) is 3.12. The molecule has 0 spiro atoms. The van der Waals surface area contributed by atoms with Gasteiger partial charge in [0, 0.05) is 32.9 Å². The van der Waals surface area contributed by atoms with Gasteiger partial charge in [0.2, 0.25) is 0 Å². The standard InChI is InChI=1S/C24H31N5O/c1-20(22-10-5-3-6-11-22)30-17-9-15-26-24(25-2)27-16-14-21-18-28-29(19-21)23-12-7-4-8-13-23/h3-8,10-13,18-20H,9,14-17H2,1-2H3,(H2,25,26,27). The minimum Gasteiger partial charge on any atom is -0.374 e. The first-order valence-electron chi connectivity index (χ1n) is 10.5. The third kappa shape index (κ3) is 6.74. The predicted molar refractivity (Wildman–Crippen MR) is 122 cm³/mol. The summed E-state index contributed by atoms with van der Waals surface area (Å²) in [6, 6.07) is 20.4. The van der Waals surface area contributed by atoms with Gasteiger partial charge in [-0.1, -0.05) is 48.5 Å². The SMILES string of the molecule is CN=C(NCCCOC(C)c1ccccc1)NCCc1cnn(-c2ccccc2)c1. The molecule has 0 aliphatic heterocycles. The average molecular weight is 406 g/mol. The normalized spacial score (nSPS) is 12.5. The average Bonchev–Trinajstić information content (AvgIpc) is 3.27. The Hall–Kier alpha value is -3.12. The highest BCUT2D eigenvalue weighted by molar-refractivity contribution is 5.79. The van der Waals surface area contributed by atoms with Gasteiger partial charge in [-0.3, -0.25) is 4.99 Å². The lowest BCUT2D eigenvalue weighted by Crippen LogP contribution is -2.39. The van der Waals surface area contributed by atoms with E-state index in [0.717, 1.165) is 37.6 Å². The molecule has 0 amide bonds. The van der Waals surface area contributed by atoms with Gasteiger partial charge in [0.25, 0.3) is 0 Å². The zero-order valence-electron chi connectivity index (χ0n) is 17.8. The van der Waals surface area contributed by atoms with E-state index in [1.807, 2.05) is 59.4 Å². The Morgan fingerprint density at radius 2 is 1.73 bits per heavy atom. The molecule has 6 nitrogen and oxygen atoms in total. The largest absolute Gasteiger partial charge is 0.374 e. The van der Waals surface area contributed by atoms with Crippen molar-refractivity contribution < 1.29 is 4.74 Å². The van der Waals surface area contributed by atoms with Crippen LogP contribution >= 0.6 is 0 Å². The van der Waals surface area contributed by atoms with Crippen molar-refractivity contribution in [3.8, 4) is 5.69 Å². The molecule has 3 aromatic rings. The molecular formula is C24H31N5O. The van der Waals surface area contributed by atoms with Crippen LogP contribution in [-0.4, -0.2) is 42.5 Å². The molecular weight excluding hydrogens is 374 g/mol. The predicted octanol–water partition coefficient (Wildman–Crippen LogP) is 3.75. The molecule has 0 bridgehead atoms. The molecule has 0 radical (unpaired) electrons. The Morgan fingerprint density at radius 1 is 1.03 bits per heavy atom. The highest BCUT2D eigenvalue weighted by Gasteiger charge is 2.05. The van der Waals surface area contributed by atoms with E-state index in [9.17, 15) is 0 Å². The number of rotatable bonds is 10. The van der Waals surface area contributed by atoms with E-state index in [4.69, 9.17) is 4.74 Å². The van der Waals surface area contributed by atoms with Crippen molar-refractivity contribution in [3.05, 3.63) is 84.2 Å². The second-order valence-corrected chi connectivity index (χ2v) is 7.08. The molecule has 1 aromatic heterocycles. The Morgan fingerprint density at radius 3 is 2.47 bits per heavy atom. The van der Waals surface area contributed by atoms with Gasteiger partial charge in [-0.15, -0.1) is 0 Å². The Bertz CT molecular complexity index is 892. The minimum atomic E-state index is 0.112. The number of aromatic nitrogens is 2. The number of hydrogen-bond donors (Lipinski definition) is 2. The lowest BCUT2D eigenvalue weighted by atomic mass is 10.1. The first-order chi connectivity index (χ1) is 14.8. The van der Waals surface area contributed by atoms with Crippen LogP contribution < -0.4 is 10.6 Å². The van der Waals surface area contributed by atoms with Crippen LogP contribution in [0, 0.1) is 0 Å². The molecule has 1 unspecified atom stereocenters. The molecule has 2 aromatic carbocycles. The lowest BCUT2D eigenvalue weighted by molar-refractivity contribution is 0.0646. The topological polar surface area (TPSA) is 63.5 Å². The minimum absolute atomic E-state index is 0.112. The van der Waals surface area contributed by atoms with E-state index in [1.54, 1.807) is 7.05 Å². The number of nitrogens with zero attached hydrogens (tertiary/aromatic N) is 3. The molecule has 0 saturated heterocycles. The first kappa shape index (κ1) is 21.6. The van der Waals surface area contributed by atoms with Crippen LogP contribution in [0.4, 0.5) is 0 Å². The summed E-state index contributed by atoms with van der Waals surface area (Å²) in [7, 11) is 1.79. The number of guanidine groups is 1. The fraction of sp³-hybridized carbons (Fsp3) is 0.333. The maximum atomic E-state index is 5.91. The molecule has 3 rings (SSSR count). The molecule has 30 heavy (non-hydrogen) atoms. The number of para-hydroxylation sites is 1. The zero-order chi connectivity index (χ0) is 21.0.